The zero-order valence-corrected chi connectivity index (χ0v) is 11.6. The minimum Gasteiger partial charge on any atom is -0.374 e. The highest BCUT2D eigenvalue weighted by molar-refractivity contribution is 7.10. The Morgan fingerprint density at radius 3 is 2.78 bits per heavy atom. The Kier molecular flexibility index (Phi) is 3.00. The second-order valence-corrected chi connectivity index (χ2v) is 5.95. The summed E-state index contributed by atoms with van der Waals surface area (Å²) in [6.45, 7) is 5.55. The topological polar surface area (TPSA) is 15.3 Å². The standard InChI is InChI=1S/C15H18N2S/c1-11(2)17-10-13(15-8-5-9-18-15)16-12-6-3-4-7-14(12)17/h3-9,11,13,16H,10H2,1-2H3. The molecule has 0 fully saturated rings. The van der Waals surface area contributed by atoms with Gasteiger partial charge in [-0.2, -0.15) is 0 Å². The number of benzene rings is 1. The molecular formula is C15H18N2S. The number of fused-ring (bicyclic) bond motifs is 1. The monoisotopic (exact) mass is 258 g/mol. The van der Waals surface area contributed by atoms with Crippen LogP contribution in [0.5, 0.6) is 0 Å². The second-order valence-electron chi connectivity index (χ2n) is 4.98. The average Bonchev–Trinajstić information content (AvgIpc) is 2.91. The molecule has 1 aliphatic rings. The van der Waals surface area contributed by atoms with Crippen LogP contribution in [-0.2, 0) is 0 Å². The molecular weight excluding hydrogens is 240 g/mol. The van der Waals surface area contributed by atoms with E-state index in [4.69, 9.17) is 0 Å². The molecule has 2 aromatic rings. The van der Waals surface area contributed by atoms with Crippen molar-refractivity contribution in [1.82, 2.24) is 0 Å². The minimum absolute atomic E-state index is 0.405. The molecule has 1 aromatic heterocycles. The first-order valence-corrected chi connectivity index (χ1v) is 7.29. The van der Waals surface area contributed by atoms with Gasteiger partial charge in [-0.15, -0.1) is 11.3 Å². The van der Waals surface area contributed by atoms with Gasteiger partial charge in [0.15, 0.2) is 0 Å². The van der Waals surface area contributed by atoms with Gasteiger partial charge < -0.3 is 10.2 Å². The Balaban J connectivity index is 1.97. The average molecular weight is 258 g/mol. The Hall–Kier alpha value is -1.48. The number of nitrogens with one attached hydrogen (secondary N) is 1. The molecule has 0 amide bonds. The zero-order valence-electron chi connectivity index (χ0n) is 10.8. The van der Waals surface area contributed by atoms with E-state index in [0.717, 1.165) is 6.54 Å². The Bertz CT molecular complexity index is 519. The van der Waals surface area contributed by atoms with Crippen LogP contribution in [0.2, 0.25) is 0 Å². The summed E-state index contributed by atoms with van der Waals surface area (Å²) in [6, 6.07) is 13.9. The maximum atomic E-state index is 3.65. The van der Waals surface area contributed by atoms with E-state index >= 15 is 0 Å². The van der Waals surface area contributed by atoms with E-state index in [1.807, 2.05) is 11.3 Å². The molecule has 0 bridgehead atoms. The lowest BCUT2D eigenvalue weighted by Crippen LogP contribution is -2.40. The maximum absolute atomic E-state index is 3.65. The van der Waals surface area contributed by atoms with Crippen LogP contribution in [0, 0.1) is 0 Å². The fraction of sp³-hybridized carbons (Fsp3) is 0.333. The molecule has 0 saturated carbocycles. The number of nitrogens with zero attached hydrogens (tertiary/aromatic N) is 1. The summed E-state index contributed by atoms with van der Waals surface area (Å²) < 4.78 is 0. The van der Waals surface area contributed by atoms with Crippen LogP contribution < -0.4 is 10.2 Å². The van der Waals surface area contributed by atoms with Gasteiger partial charge in [0, 0.05) is 17.5 Å². The van der Waals surface area contributed by atoms with Crippen LogP contribution in [0.15, 0.2) is 41.8 Å². The van der Waals surface area contributed by atoms with Gasteiger partial charge in [0.1, 0.15) is 0 Å². The molecule has 0 spiro atoms. The van der Waals surface area contributed by atoms with Crippen molar-refractivity contribution in [2.24, 2.45) is 0 Å². The fourth-order valence-corrected chi connectivity index (χ4v) is 3.28. The zero-order chi connectivity index (χ0) is 12.5. The van der Waals surface area contributed by atoms with Crippen molar-refractivity contribution in [2.45, 2.75) is 25.9 Å². The van der Waals surface area contributed by atoms with E-state index in [-0.39, 0.29) is 0 Å². The van der Waals surface area contributed by atoms with Crippen molar-refractivity contribution in [3.63, 3.8) is 0 Å². The van der Waals surface area contributed by atoms with E-state index in [2.05, 4.69) is 65.8 Å². The van der Waals surface area contributed by atoms with Gasteiger partial charge in [0.2, 0.25) is 0 Å². The Morgan fingerprint density at radius 2 is 2.06 bits per heavy atom. The van der Waals surface area contributed by atoms with Crippen LogP contribution in [0.1, 0.15) is 24.8 Å². The maximum Gasteiger partial charge on any atom is 0.0782 e. The van der Waals surface area contributed by atoms with Gasteiger partial charge in [-0.3, -0.25) is 0 Å². The van der Waals surface area contributed by atoms with Crippen molar-refractivity contribution in [3.05, 3.63) is 46.7 Å². The van der Waals surface area contributed by atoms with Crippen LogP contribution >= 0.6 is 11.3 Å². The highest BCUT2D eigenvalue weighted by Crippen LogP contribution is 2.37. The van der Waals surface area contributed by atoms with Crippen molar-refractivity contribution in [1.29, 1.82) is 0 Å². The van der Waals surface area contributed by atoms with Crippen LogP contribution in [-0.4, -0.2) is 12.6 Å². The largest absolute Gasteiger partial charge is 0.374 e. The van der Waals surface area contributed by atoms with E-state index in [1.54, 1.807) is 0 Å². The number of hydrogen-bond acceptors (Lipinski definition) is 3. The highest BCUT2D eigenvalue weighted by atomic mass is 32.1. The molecule has 1 N–H and O–H groups in total. The van der Waals surface area contributed by atoms with Crippen molar-refractivity contribution in [3.8, 4) is 0 Å². The number of para-hydroxylation sites is 2. The van der Waals surface area contributed by atoms with Crippen molar-refractivity contribution >= 4 is 22.7 Å². The van der Waals surface area contributed by atoms with Gasteiger partial charge in [-0.1, -0.05) is 18.2 Å². The third kappa shape index (κ3) is 1.99. The van der Waals surface area contributed by atoms with Crippen molar-refractivity contribution in [2.75, 3.05) is 16.8 Å². The molecule has 0 radical (unpaired) electrons. The van der Waals surface area contributed by atoms with Crippen LogP contribution in [0.4, 0.5) is 11.4 Å². The van der Waals surface area contributed by atoms with Gasteiger partial charge in [-0.25, -0.2) is 0 Å². The first-order valence-electron chi connectivity index (χ1n) is 6.41. The SMILES string of the molecule is CC(C)N1CC(c2cccs2)Nc2ccccc21. The summed E-state index contributed by atoms with van der Waals surface area (Å²) in [5.74, 6) is 0. The summed E-state index contributed by atoms with van der Waals surface area (Å²) >= 11 is 1.83. The van der Waals surface area contributed by atoms with Gasteiger partial charge in [0.25, 0.3) is 0 Å². The predicted molar refractivity (Wildman–Crippen MR) is 79.6 cm³/mol. The quantitative estimate of drug-likeness (QED) is 0.871. The van der Waals surface area contributed by atoms with E-state index in [1.165, 1.54) is 16.3 Å². The smallest absolute Gasteiger partial charge is 0.0782 e. The summed E-state index contributed by atoms with van der Waals surface area (Å²) in [5, 5.41) is 5.80. The molecule has 2 nitrogen and oxygen atoms in total. The molecule has 3 heteroatoms. The lowest BCUT2D eigenvalue weighted by Gasteiger charge is -2.39. The second kappa shape index (κ2) is 4.65. The predicted octanol–water partition coefficient (Wildman–Crippen LogP) is 4.13. The molecule has 1 aromatic carbocycles. The van der Waals surface area contributed by atoms with Gasteiger partial charge in [0.05, 0.1) is 17.4 Å². The Labute approximate surface area is 112 Å². The summed E-state index contributed by atoms with van der Waals surface area (Å²) in [5.41, 5.74) is 2.57. The lowest BCUT2D eigenvalue weighted by molar-refractivity contribution is 0.622. The molecule has 18 heavy (non-hydrogen) atoms. The minimum atomic E-state index is 0.405. The number of anilines is 2. The van der Waals surface area contributed by atoms with Crippen molar-refractivity contribution < 1.29 is 0 Å². The number of hydrogen-bond donors (Lipinski definition) is 1. The normalized spacial score (nSPS) is 18.6. The molecule has 2 heterocycles. The molecule has 0 aliphatic carbocycles. The first kappa shape index (κ1) is 11.6. The third-order valence-corrected chi connectivity index (χ3v) is 4.42. The van der Waals surface area contributed by atoms with E-state index in [0.29, 0.717) is 12.1 Å². The number of thiophene rings is 1. The molecule has 1 unspecified atom stereocenters. The van der Waals surface area contributed by atoms with Gasteiger partial charge in [-0.05, 0) is 37.4 Å². The van der Waals surface area contributed by atoms with E-state index < -0.39 is 0 Å². The Morgan fingerprint density at radius 1 is 1.22 bits per heavy atom. The molecule has 1 atom stereocenters. The number of rotatable bonds is 2. The summed E-state index contributed by atoms with van der Waals surface area (Å²) in [7, 11) is 0. The van der Waals surface area contributed by atoms with Crippen LogP contribution in [0.25, 0.3) is 0 Å². The van der Waals surface area contributed by atoms with Crippen LogP contribution in [0.3, 0.4) is 0 Å². The van der Waals surface area contributed by atoms with E-state index in [9.17, 15) is 0 Å². The third-order valence-electron chi connectivity index (χ3n) is 3.43. The first-order chi connectivity index (χ1) is 8.75. The molecule has 94 valence electrons. The highest BCUT2D eigenvalue weighted by Gasteiger charge is 2.26. The summed E-state index contributed by atoms with van der Waals surface area (Å²) in [6.07, 6.45) is 0. The fourth-order valence-electron chi connectivity index (χ4n) is 2.51. The molecule has 1 aliphatic heterocycles. The summed E-state index contributed by atoms with van der Waals surface area (Å²) in [4.78, 5) is 3.89. The molecule has 0 saturated heterocycles. The molecule has 3 rings (SSSR count). The lowest BCUT2D eigenvalue weighted by atomic mass is 10.1. The van der Waals surface area contributed by atoms with Gasteiger partial charge >= 0.3 is 0 Å².